The van der Waals surface area contributed by atoms with Gasteiger partial charge in [0, 0.05) is 6.92 Å². The first-order chi connectivity index (χ1) is 9.02. The molecule has 0 spiro atoms. The summed E-state index contributed by atoms with van der Waals surface area (Å²) < 4.78 is 5.11. The molecule has 0 unspecified atom stereocenters. The van der Waals surface area contributed by atoms with Crippen LogP contribution in [0.25, 0.3) is 6.08 Å². The second-order valence-electron chi connectivity index (χ2n) is 3.92. The maximum absolute atomic E-state index is 11.8. The van der Waals surface area contributed by atoms with Crippen molar-refractivity contribution in [2.75, 3.05) is 7.11 Å². The fraction of sp³-hybridized carbons (Fsp3) is 0.154. The molecule has 0 saturated carbocycles. The summed E-state index contributed by atoms with van der Waals surface area (Å²) in [6.07, 6.45) is 1.60. The van der Waals surface area contributed by atoms with E-state index in [-0.39, 0.29) is 22.6 Å². The lowest BCUT2D eigenvalue weighted by molar-refractivity contribution is -0.125. The second-order valence-corrected chi connectivity index (χ2v) is 4.31. The Morgan fingerprint density at radius 2 is 2.21 bits per heavy atom. The third-order valence-corrected chi connectivity index (χ3v) is 2.89. The van der Waals surface area contributed by atoms with Crippen molar-refractivity contribution in [3.63, 3.8) is 0 Å². The minimum Gasteiger partial charge on any atom is -0.497 e. The van der Waals surface area contributed by atoms with Gasteiger partial charge in [-0.1, -0.05) is 12.1 Å². The van der Waals surface area contributed by atoms with E-state index in [1.807, 2.05) is 6.07 Å². The van der Waals surface area contributed by atoms with Crippen LogP contribution < -0.4 is 10.1 Å². The van der Waals surface area contributed by atoms with Gasteiger partial charge in [-0.2, -0.15) is 0 Å². The zero-order valence-electron chi connectivity index (χ0n) is 10.5. The fourth-order valence-corrected chi connectivity index (χ4v) is 2.08. The van der Waals surface area contributed by atoms with E-state index in [9.17, 15) is 9.59 Å². The Balaban J connectivity index is 2.42. The molecule has 1 aromatic rings. The quantitative estimate of drug-likeness (QED) is 0.653. The number of thiocarbonyl (C=S) groups is 1. The lowest BCUT2D eigenvalue weighted by atomic mass is 10.1. The lowest BCUT2D eigenvalue weighted by Crippen LogP contribution is -2.31. The van der Waals surface area contributed by atoms with Gasteiger partial charge < -0.3 is 4.74 Å². The van der Waals surface area contributed by atoms with Crippen molar-refractivity contribution in [1.82, 2.24) is 10.2 Å². The Morgan fingerprint density at radius 3 is 2.84 bits per heavy atom. The van der Waals surface area contributed by atoms with Gasteiger partial charge in [-0.3, -0.25) is 19.8 Å². The summed E-state index contributed by atoms with van der Waals surface area (Å²) in [5, 5.41) is 2.55. The number of nitrogens with zero attached hydrogens (tertiary/aromatic N) is 1. The first-order valence-corrected chi connectivity index (χ1v) is 5.95. The van der Waals surface area contributed by atoms with Crippen molar-refractivity contribution in [2.24, 2.45) is 0 Å². The number of methoxy groups -OCH3 is 1. The van der Waals surface area contributed by atoms with Gasteiger partial charge in [-0.05, 0) is 36.0 Å². The van der Waals surface area contributed by atoms with Gasteiger partial charge in [0.05, 0.1) is 7.11 Å². The van der Waals surface area contributed by atoms with Gasteiger partial charge >= 0.3 is 0 Å². The van der Waals surface area contributed by atoms with E-state index >= 15 is 0 Å². The molecule has 1 heterocycles. The van der Waals surface area contributed by atoms with Gasteiger partial charge in [0.15, 0.2) is 5.11 Å². The van der Waals surface area contributed by atoms with E-state index in [0.29, 0.717) is 5.75 Å². The predicted molar refractivity (Wildman–Crippen MR) is 74.2 cm³/mol. The summed E-state index contributed by atoms with van der Waals surface area (Å²) in [6.45, 7) is 1.35. The Hall–Kier alpha value is -2.21. The van der Waals surface area contributed by atoms with Crippen LogP contribution in [-0.2, 0) is 9.59 Å². The molecule has 6 heteroatoms. The van der Waals surface area contributed by atoms with Crippen molar-refractivity contribution >= 4 is 35.2 Å². The van der Waals surface area contributed by atoms with Crippen LogP contribution in [0, 0.1) is 0 Å². The SMILES string of the molecule is COc1cccc(/C=C2\C(=O)NC(=S)N2C(C)=O)c1. The molecule has 0 aliphatic carbocycles. The Labute approximate surface area is 115 Å². The summed E-state index contributed by atoms with van der Waals surface area (Å²) in [4.78, 5) is 24.5. The first-order valence-electron chi connectivity index (χ1n) is 5.54. The second kappa shape index (κ2) is 5.19. The molecule has 5 nitrogen and oxygen atoms in total. The van der Waals surface area contributed by atoms with Gasteiger partial charge in [-0.15, -0.1) is 0 Å². The largest absolute Gasteiger partial charge is 0.497 e. The Morgan fingerprint density at radius 1 is 1.47 bits per heavy atom. The van der Waals surface area contributed by atoms with E-state index in [4.69, 9.17) is 17.0 Å². The highest BCUT2D eigenvalue weighted by atomic mass is 32.1. The molecule has 19 heavy (non-hydrogen) atoms. The molecular formula is C13H12N2O3S. The molecule has 98 valence electrons. The zero-order chi connectivity index (χ0) is 14.0. The number of rotatable bonds is 2. The molecule has 0 aromatic heterocycles. The van der Waals surface area contributed by atoms with E-state index in [2.05, 4.69) is 5.32 Å². The molecule has 2 amide bonds. The molecule has 1 aliphatic heterocycles. The number of nitrogens with one attached hydrogen (secondary N) is 1. The minimum absolute atomic E-state index is 0.103. The number of benzene rings is 1. The summed E-state index contributed by atoms with van der Waals surface area (Å²) in [7, 11) is 1.56. The van der Waals surface area contributed by atoms with Crippen LogP contribution in [0.15, 0.2) is 30.0 Å². The van der Waals surface area contributed by atoms with Crippen LogP contribution in [-0.4, -0.2) is 28.9 Å². The lowest BCUT2D eigenvalue weighted by Gasteiger charge is -2.12. The van der Waals surface area contributed by atoms with Crippen LogP contribution in [0.4, 0.5) is 0 Å². The molecule has 1 aliphatic rings. The van der Waals surface area contributed by atoms with E-state index in [1.165, 1.54) is 11.8 Å². The highest BCUT2D eigenvalue weighted by Gasteiger charge is 2.32. The molecule has 2 rings (SSSR count). The molecule has 0 bridgehead atoms. The number of carbonyl (C=O) groups is 2. The maximum atomic E-state index is 11.8. The number of amides is 2. The summed E-state index contributed by atoms with van der Waals surface area (Å²) in [5.74, 6) is -0.0229. The molecule has 1 fully saturated rings. The zero-order valence-corrected chi connectivity index (χ0v) is 11.3. The summed E-state index contributed by atoms with van der Waals surface area (Å²) in [6, 6.07) is 7.17. The van der Waals surface area contributed by atoms with Crippen molar-refractivity contribution in [1.29, 1.82) is 0 Å². The third kappa shape index (κ3) is 2.63. The van der Waals surface area contributed by atoms with E-state index in [1.54, 1.807) is 31.4 Å². The molecule has 0 atom stereocenters. The number of ether oxygens (including phenoxy) is 1. The number of carbonyl (C=O) groups excluding carboxylic acids is 2. The summed E-state index contributed by atoms with van der Waals surface area (Å²) in [5.41, 5.74) is 0.964. The van der Waals surface area contributed by atoms with Crippen molar-refractivity contribution in [3.05, 3.63) is 35.5 Å². The smallest absolute Gasteiger partial charge is 0.274 e. The van der Waals surface area contributed by atoms with Crippen LogP contribution in [0.5, 0.6) is 5.75 Å². The maximum Gasteiger partial charge on any atom is 0.274 e. The highest BCUT2D eigenvalue weighted by molar-refractivity contribution is 7.80. The standard InChI is InChI=1S/C13H12N2O3S/c1-8(16)15-11(12(17)14-13(15)19)7-9-4-3-5-10(6-9)18-2/h3-7H,1-2H3,(H,14,17,19)/b11-7+. The van der Waals surface area contributed by atoms with Gasteiger partial charge in [-0.25, -0.2) is 0 Å². The normalized spacial score (nSPS) is 16.7. The van der Waals surface area contributed by atoms with Crippen molar-refractivity contribution in [3.8, 4) is 5.75 Å². The van der Waals surface area contributed by atoms with Gasteiger partial charge in [0.25, 0.3) is 5.91 Å². The average Bonchev–Trinajstić information content (AvgIpc) is 2.64. The van der Waals surface area contributed by atoms with Crippen LogP contribution in [0.3, 0.4) is 0 Å². The highest BCUT2D eigenvalue weighted by Crippen LogP contribution is 2.20. The monoisotopic (exact) mass is 276 g/mol. The molecule has 0 radical (unpaired) electrons. The van der Waals surface area contributed by atoms with Gasteiger partial charge in [0.2, 0.25) is 5.91 Å². The minimum atomic E-state index is -0.386. The third-order valence-electron chi connectivity index (χ3n) is 2.61. The van der Waals surface area contributed by atoms with Gasteiger partial charge in [0.1, 0.15) is 11.4 Å². The van der Waals surface area contributed by atoms with Crippen LogP contribution in [0.2, 0.25) is 0 Å². The Bertz CT molecular complexity index is 595. The van der Waals surface area contributed by atoms with Crippen LogP contribution >= 0.6 is 12.2 Å². The van der Waals surface area contributed by atoms with Crippen LogP contribution in [0.1, 0.15) is 12.5 Å². The number of hydrogen-bond donors (Lipinski definition) is 1. The van der Waals surface area contributed by atoms with E-state index in [0.717, 1.165) is 5.56 Å². The first kappa shape index (κ1) is 13.2. The topological polar surface area (TPSA) is 58.6 Å². The summed E-state index contributed by atoms with van der Waals surface area (Å²) >= 11 is 4.94. The molecule has 1 aromatic carbocycles. The number of hydrogen-bond acceptors (Lipinski definition) is 4. The fourth-order valence-electron chi connectivity index (χ4n) is 1.76. The predicted octanol–water partition coefficient (Wildman–Crippen LogP) is 1.30. The van der Waals surface area contributed by atoms with Crippen molar-refractivity contribution < 1.29 is 14.3 Å². The van der Waals surface area contributed by atoms with E-state index < -0.39 is 0 Å². The Kier molecular flexibility index (Phi) is 3.62. The average molecular weight is 276 g/mol. The molecule has 1 N–H and O–H groups in total. The molecular weight excluding hydrogens is 264 g/mol. The van der Waals surface area contributed by atoms with Crippen molar-refractivity contribution in [2.45, 2.75) is 6.92 Å². The molecule has 1 saturated heterocycles.